The molecule has 184 valence electrons. The molecule has 3 amide bonds. The summed E-state index contributed by atoms with van der Waals surface area (Å²) in [5.74, 6) is -0.122. The van der Waals surface area contributed by atoms with Gasteiger partial charge in [0.1, 0.15) is 17.8 Å². The smallest absolute Gasteiger partial charge is 0.406 e. The number of likely N-dealkylation sites (tertiary alicyclic amines) is 1. The summed E-state index contributed by atoms with van der Waals surface area (Å²) in [6.07, 6.45) is -1.38. The lowest BCUT2D eigenvalue weighted by Crippen LogP contribution is -2.76. The molecule has 2 saturated heterocycles. The molecule has 3 aliphatic carbocycles. The number of phenols is 1. The molecule has 2 bridgehead atoms. The molecule has 4 fully saturated rings. The molecule has 34 heavy (non-hydrogen) atoms. The minimum Gasteiger partial charge on any atom is -0.508 e. The Balaban J connectivity index is 1.48. The van der Waals surface area contributed by atoms with Crippen molar-refractivity contribution in [3.63, 3.8) is 0 Å². The van der Waals surface area contributed by atoms with Crippen LogP contribution in [0, 0.1) is 5.92 Å². The van der Waals surface area contributed by atoms with E-state index in [-0.39, 0.29) is 31.1 Å². The molecule has 4 atom stereocenters. The number of nitrogens with zero attached hydrogens (tertiary/aromatic N) is 2. The summed E-state index contributed by atoms with van der Waals surface area (Å²) in [7, 11) is 0. The average molecular weight is 479 g/mol. The topological polar surface area (TPSA) is 93.1 Å². The fourth-order valence-corrected chi connectivity index (χ4v) is 7.39. The first-order chi connectivity index (χ1) is 16.0. The number of carbonyl (C=O) groups excluding carboxylic acids is 2. The molecule has 5 aliphatic rings. The van der Waals surface area contributed by atoms with Crippen LogP contribution >= 0.6 is 0 Å². The van der Waals surface area contributed by atoms with Gasteiger partial charge in [-0.3, -0.25) is 15.0 Å². The number of imide groups is 1. The van der Waals surface area contributed by atoms with Crippen LogP contribution in [0.5, 0.6) is 5.75 Å². The van der Waals surface area contributed by atoms with Gasteiger partial charge in [0.15, 0.2) is 0 Å². The van der Waals surface area contributed by atoms with Crippen LogP contribution in [0.1, 0.15) is 49.7 Å². The van der Waals surface area contributed by atoms with E-state index >= 15 is 0 Å². The first-order valence-electron chi connectivity index (χ1n) is 12.0. The van der Waals surface area contributed by atoms with Crippen molar-refractivity contribution < 1.29 is 33.0 Å². The van der Waals surface area contributed by atoms with Gasteiger partial charge in [-0.2, -0.15) is 13.2 Å². The van der Waals surface area contributed by atoms with E-state index in [0.29, 0.717) is 35.8 Å². The molecule has 2 aliphatic heterocycles. The maximum Gasteiger partial charge on any atom is 0.406 e. The van der Waals surface area contributed by atoms with Gasteiger partial charge in [0.2, 0.25) is 0 Å². The van der Waals surface area contributed by atoms with Gasteiger partial charge in [-0.15, -0.1) is 0 Å². The van der Waals surface area contributed by atoms with Crippen molar-refractivity contribution in [2.75, 3.05) is 19.6 Å². The Morgan fingerprint density at radius 2 is 1.91 bits per heavy atom. The predicted octanol–water partition coefficient (Wildman–Crippen LogP) is 2.44. The monoisotopic (exact) mass is 479 g/mol. The van der Waals surface area contributed by atoms with Crippen LogP contribution in [0.3, 0.4) is 0 Å². The van der Waals surface area contributed by atoms with Gasteiger partial charge in [-0.1, -0.05) is 6.07 Å². The number of phenolic OH excluding ortho intramolecular Hbond substituents is 1. The first-order valence-corrected chi connectivity index (χ1v) is 12.0. The van der Waals surface area contributed by atoms with Gasteiger partial charge < -0.3 is 15.1 Å². The predicted molar refractivity (Wildman–Crippen MR) is 114 cm³/mol. The summed E-state index contributed by atoms with van der Waals surface area (Å²) in [6.45, 7) is -0.00646. The van der Waals surface area contributed by atoms with Crippen LogP contribution in [-0.4, -0.2) is 74.9 Å². The van der Waals surface area contributed by atoms with Crippen LogP contribution in [-0.2, 0) is 16.6 Å². The van der Waals surface area contributed by atoms with Gasteiger partial charge in [0.05, 0.1) is 5.60 Å². The molecule has 10 heteroatoms. The van der Waals surface area contributed by atoms with E-state index in [9.17, 15) is 33.0 Å². The van der Waals surface area contributed by atoms with Crippen molar-refractivity contribution in [1.29, 1.82) is 0 Å². The SMILES string of the molecule is O=C1NC(=O)[C@@]2(CC[C@@]3(O)[C@H]4Cc5ccc(O)cc5[C@@]3(CCN4CC3CC3)C2)N1CC(F)(F)F. The quantitative estimate of drug-likeness (QED) is 0.580. The van der Waals surface area contributed by atoms with Gasteiger partial charge >= 0.3 is 12.2 Å². The van der Waals surface area contributed by atoms with Crippen LogP contribution in [0.25, 0.3) is 0 Å². The number of hydrogen-bond donors (Lipinski definition) is 3. The summed E-state index contributed by atoms with van der Waals surface area (Å²) >= 11 is 0. The Morgan fingerprint density at radius 1 is 1.15 bits per heavy atom. The number of halogens is 3. The van der Waals surface area contributed by atoms with Gasteiger partial charge in [-0.25, -0.2) is 4.79 Å². The standard InChI is InChI=1S/C24H28F3N3O4/c25-24(26,27)13-30-20(33)28-19(32)22(30)5-6-23(34)18-9-15-3-4-16(31)10-17(15)21(23,12-22)7-8-29(18)11-14-1-2-14/h3-4,10,14,18,31,34H,1-2,5-9,11-13H2,(H,28,32,33)/t18-,21-,22+,23-/m1/s1. The van der Waals surface area contributed by atoms with E-state index in [4.69, 9.17) is 0 Å². The Labute approximate surface area is 194 Å². The number of amides is 3. The molecule has 1 aromatic rings. The number of fused-ring (bicyclic) bond motifs is 1. The van der Waals surface area contributed by atoms with Crippen molar-refractivity contribution in [2.24, 2.45) is 5.92 Å². The lowest BCUT2D eigenvalue weighted by atomic mass is 9.46. The number of alkyl halides is 3. The largest absolute Gasteiger partial charge is 0.508 e. The zero-order valence-electron chi connectivity index (χ0n) is 18.7. The number of rotatable bonds is 3. The molecular weight excluding hydrogens is 451 g/mol. The highest BCUT2D eigenvalue weighted by Crippen LogP contribution is 2.62. The number of nitrogens with one attached hydrogen (secondary N) is 1. The zero-order valence-corrected chi connectivity index (χ0v) is 18.7. The minimum absolute atomic E-state index is 0.00746. The molecule has 1 spiro atoms. The normalized spacial score (nSPS) is 37.5. The summed E-state index contributed by atoms with van der Waals surface area (Å²) in [6, 6.07) is 3.72. The second kappa shape index (κ2) is 6.87. The minimum atomic E-state index is -4.67. The van der Waals surface area contributed by atoms with Crippen molar-refractivity contribution in [1.82, 2.24) is 15.1 Å². The summed E-state index contributed by atoms with van der Waals surface area (Å²) < 4.78 is 40.4. The maximum atomic E-state index is 13.5. The summed E-state index contributed by atoms with van der Waals surface area (Å²) in [4.78, 5) is 28.6. The molecule has 6 rings (SSSR count). The summed E-state index contributed by atoms with van der Waals surface area (Å²) in [5, 5.41) is 24.8. The summed E-state index contributed by atoms with van der Waals surface area (Å²) in [5.41, 5.74) is -2.40. The van der Waals surface area contributed by atoms with Crippen LogP contribution in [0.15, 0.2) is 18.2 Å². The highest BCUT2D eigenvalue weighted by molar-refractivity contribution is 6.07. The molecular formula is C24H28F3N3O4. The van der Waals surface area contributed by atoms with E-state index in [2.05, 4.69) is 10.2 Å². The number of aromatic hydroxyl groups is 1. The number of carbonyl (C=O) groups is 2. The second-order valence-corrected chi connectivity index (χ2v) is 10.9. The van der Waals surface area contributed by atoms with Crippen molar-refractivity contribution in [3.05, 3.63) is 29.3 Å². The Hall–Kier alpha value is -2.33. The molecule has 0 aromatic heterocycles. The molecule has 0 unspecified atom stereocenters. The molecule has 1 aromatic carbocycles. The number of aliphatic hydroxyl groups is 1. The first kappa shape index (κ1) is 22.2. The molecule has 2 saturated carbocycles. The molecule has 2 heterocycles. The van der Waals surface area contributed by atoms with Gasteiger partial charge in [-0.05, 0) is 80.7 Å². The second-order valence-electron chi connectivity index (χ2n) is 10.9. The van der Waals surface area contributed by atoms with E-state index in [0.717, 1.165) is 24.9 Å². The lowest BCUT2D eigenvalue weighted by molar-refractivity contribution is -0.196. The third-order valence-corrected chi connectivity index (χ3v) is 9.11. The molecule has 0 radical (unpaired) electrons. The Kier molecular flexibility index (Phi) is 4.48. The third kappa shape index (κ3) is 2.97. The average Bonchev–Trinajstić information content (AvgIpc) is 3.54. The van der Waals surface area contributed by atoms with Crippen LogP contribution < -0.4 is 5.32 Å². The van der Waals surface area contributed by atoms with E-state index < -0.39 is 41.2 Å². The van der Waals surface area contributed by atoms with Crippen molar-refractivity contribution in [3.8, 4) is 5.75 Å². The van der Waals surface area contributed by atoms with Gasteiger partial charge in [0, 0.05) is 18.0 Å². The third-order valence-electron chi connectivity index (χ3n) is 9.11. The number of hydrogen-bond acceptors (Lipinski definition) is 5. The van der Waals surface area contributed by atoms with Crippen LogP contribution in [0.4, 0.5) is 18.0 Å². The fraction of sp³-hybridized carbons (Fsp3) is 0.667. The molecule has 7 nitrogen and oxygen atoms in total. The Morgan fingerprint density at radius 3 is 2.62 bits per heavy atom. The zero-order chi connectivity index (χ0) is 24.1. The van der Waals surface area contributed by atoms with Crippen molar-refractivity contribution >= 4 is 11.9 Å². The molecule has 3 N–H and O–H groups in total. The Bertz CT molecular complexity index is 1080. The van der Waals surface area contributed by atoms with E-state index in [1.54, 1.807) is 12.1 Å². The highest BCUT2D eigenvalue weighted by atomic mass is 19.4. The van der Waals surface area contributed by atoms with Gasteiger partial charge in [0.25, 0.3) is 5.91 Å². The van der Waals surface area contributed by atoms with E-state index in [1.165, 1.54) is 0 Å². The van der Waals surface area contributed by atoms with Crippen LogP contribution in [0.2, 0.25) is 0 Å². The number of urea groups is 1. The van der Waals surface area contributed by atoms with E-state index in [1.807, 2.05) is 6.07 Å². The lowest BCUT2D eigenvalue weighted by Gasteiger charge is -2.66. The maximum absolute atomic E-state index is 13.5. The van der Waals surface area contributed by atoms with Crippen molar-refractivity contribution in [2.45, 2.75) is 73.7 Å². The fourth-order valence-electron chi connectivity index (χ4n) is 7.39. The number of benzene rings is 1. The highest BCUT2D eigenvalue weighted by Gasteiger charge is 2.71. The number of piperidine rings is 1.